The number of alkyl halides is 3. The van der Waals surface area contributed by atoms with Crippen molar-refractivity contribution >= 4 is 0 Å². The second kappa shape index (κ2) is 6.72. The maximum atomic E-state index is 12.3. The lowest BCUT2D eigenvalue weighted by Gasteiger charge is -2.22. The first kappa shape index (κ1) is 16.6. The summed E-state index contributed by atoms with van der Waals surface area (Å²) in [5.74, 6) is -0.00421. The normalized spacial score (nSPS) is 16.2. The lowest BCUT2D eigenvalue weighted by Crippen LogP contribution is -2.29. The summed E-state index contributed by atoms with van der Waals surface area (Å²) in [6, 6.07) is 4.38. The zero-order valence-corrected chi connectivity index (χ0v) is 13.1. The summed E-state index contributed by atoms with van der Waals surface area (Å²) in [6.07, 6.45) is 0.863. The van der Waals surface area contributed by atoms with Crippen molar-refractivity contribution in [2.24, 2.45) is 0 Å². The maximum Gasteiger partial charge on any atom is 0.573 e. The van der Waals surface area contributed by atoms with Crippen molar-refractivity contribution in [3.63, 3.8) is 0 Å². The van der Waals surface area contributed by atoms with Crippen LogP contribution in [0.15, 0.2) is 30.6 Å². The third-order valence-electron chi connectivity index (χ3n) is 4.00. The zero-order valence-electron chi connectivity index (χ0n) is 13.1. The summed E-state index contributed by atoms with van der Waals surface area (Å²) >= 11 is 0. The molecule has 1 aliphatic rings. The van der Waals surface area contributed by atoms with E-state index in [4.69, 9.17) is 4.74 Å². The third kappa shape index (κ3) is 3.81. The lowest BCUT2D eigenvalue weighted by atomic mass is 10.1. The minimum Gasteiger partial charge on any atom is -0.496 e. The van der Waals surface area contributed by atoms with E-state index in [0.717, 1.165) is 31.5 Å². The Morgan fingerprint density at radius 2 is 2.00 bits per heavy atom. The smallest absolute Gasteiger partial charge is 0.496 e. The molecule has 0 bridgehead atoms. The van der Waals surface area contributed by atoms with Gasteiger partial charge >= 0.3 is 6.36 Å². The van der Waals surface area contributed by atoms with Crippen molar-refractivity contribution in [2.45, 2.75) is 25.2 Å². The van der Waals surface area contributed by atoms with E-state index in [1.165, 1.54) is 19.2 Å². The molecule has 0 aliphatic carbocycles. The van der Waals surface area contributed by atoms with Gasteiger partial charge in [-0.25, -0.2) is 0 Å². The van der Waals surface area contributed by atoms with E-state index < -0.39 is 6.36 Å². The van der Waals surface area contributed by atoms with Gasteiger partial charge in [0.15, 0.2) is 0 Å². The molecule has 1 aromatic heterocycles. The topological polar surface area (TPSA) is 48.3 Å². The fourth-order valence-electron chi connectivity index (χ4n) is 2.86. The molecule has 1 N–H and O–H groups in total. The first-order valence-corrected chi connectivity index (χ1v) is 7.65. The van der Waals surface area contributed by atoms with Crippen molar-refractivity contribution in [3.8, 4) is 22.6 Å². The number of nitrogens with one attached hydrogen (secondary N) is 1. The van der Waals surface area contributed by atoms with Crippen molar-refractivity contribution in [2.75, 3.05) is 20.2 Å². The van der Waals surface area contributed by atoms with Crippen molar-refractivity contribution < 1.29 is 22.6 Å². The first-order valence-electron chi connectivity index (χ1n) is 7.65. The predicted octanol–water partition coefficient (Wildman–Crippen LogP) is 3.38. The van der Waals surface area contributed by atoms with E-state index in [-0.39, 0.29) is 5.75 Å². The Kier molecular flexibility index (Phi) is 4.66. The molecular weight excluding hydrogens is 323 g/mol. The summed E-state index contributed by atoms with van der Waals surface area (Å²) in [7, 11) is 1.41. The van der Waals surface area contributed by atoms with Crippen LogP contribution < -0.4 is 14.8 Å². The molecule has 0 saturated carbocycles. The van der Waals surface area contributed by atoms with E-state index in [9.17, 15) is 13.2 Å². The van der Waals surface area contributed by atoms with Crippen LogP contribution in [0.1, 0.15) is 18.9 Å². The Labute approximate surface area is 137 Å². The number of benzene rings is 1. The number of piperidine rings is 1. The molecule has 0 spiro atoms. The average Bonchev–Trinajstić information content (AvgIpc) is 3.04. The number of hydrogen-bond acceptors (Lipinski definition) is 4. The number of rotatable bonds is 4. The summed E-state index contributed by atoms with van der Waals surface area (Å²) in [5.41, 5.74) is 1.47. The second-order valence-electron chi connectivity index (χ2n) is 5.60. The van der Waals surface area contributed by atoms with Gasteiger partial charge in [-0.3, -0.25) is 4.68 Å². The summed E-state index contributed by atoms with van der Waals surface area (Å²) in [5, 5.41) is 7.69. The second-order valence-corrected chi connectivity index (χ2v) is 5.60. The molecule has 0 radical (unpaired) electrons. The van der Waals surface area contributed by atoms with E-state index in [1.54, 1.807) is 12.3 Å². The number of nitrogens with zero attached hydrogens (tertiary/aromatic N) is 2. The van der Waals surface area contributed by atoms with Crippen molar-refractivity contribution in [1.29, 1.82) is 0 Å². The van der Waals surface area contributed by atoms with Crippen molar-refractivity contribution in [1.82, 2.24) is 15.1 Å². The number of hydrogen-bond donors (Lipinski definition) is 1. The van der Waals surface area contributed by atoms with Gasteiger partial charge in [-0.15, -0.1) is 13.2 Å². The predicted molar refractivity (Wildman–Crippen MR) is 82.0 cm³/mol. The molecule has 0 unspecified atom stereocenters. The van der Waals surface area contributed by atoms with E-state index in [0.29, 0.717) is 17.4 Å². The largest absolute Gasteiger partial charge is 0.573 e. The lowest BCUT2D eigenvalue weighted by molar-refractivity contribution is -0.274. The average molecular weight is 341 g/mol. The third-order valence-corrected chi connectivity index (χ3v) is 4.00. The molecule has 1 saturated heterocycles. The highest BCUT2D eigenvalue weighted by Crippen LogP contribution is 2.35. The quantitative estimate of drug-likeness (QED) is 0.926. The van der Waals surface area contributed by atoms with Crippen LogP contribution in [0.3, 0.4) is 0 Å². The van der Waals surface area contributed by atoms with E-state index in [2.05, 4.69) is 15.2 Å². The van der Waals surface area contributed by atoms with Crippen LogP contribution in [0.25, 0.3) is 11.1 Å². The number of aromatic nitrogens is 2. The molecule has 8 heteroatoms. The van der Waals surface area contributed by atoms with Crippen LogP contribution in [0.5, 0.6) is 11.5 Å². The zero-order chi connectivity index (χ0) is 17.2. The summed E-state index contributed by atoms with van der Waals surface area (Å²) in [6.45, 7) is 1.90. The van der Waals surface area contributed by atoms with Crippen LogP contribution in [0, 0.1) is 0 Å². The molecule has 130 valence electrons. The molecular formula is C16H18F3N3O2. The van der Waals surface area contributed by atoms with Gasteiger partial charge in [0.25, 0.3) is 0 Å². The van der Waals surface area contributed by atoms with Gasteiger partial charge in [-0.1, -0.05) is 0 Å². The minimum absolute atomic E-state index is 0.307. The molecule has 1 fully saturated rings. The maximum absolute atomic E-state index is 12.3. The van der Waals surface area contributed by atoms with Crippen molar-refractivity contribution in [3.05, 3.63) is 30.6 Å². The van der Waals surface area contributed by atoms with Gasteiger partial charge in [-0.05, 0) is 38.1 Å². The highest BCUT2D eigenvalue weighted by molar-refractivity contribution is 5.70. The molecule has 0 amide bonds. The summed E-state index contributed by atoms with van der Waals surface area (Å²) in [4.78, 5) is 0. The van der Waals surface area contributed by atoms with Gasteiger partial charge < -0.3 is 14.8 Å². The van der Waals surface area contributed by atoms with E-state index in [1.807, 2.05) is 10.9 Å². The van der Waals surface area contributed by atoms with Gasteiger partial charge in [0.2, 0.25) is 0 Å². The molecule has 1 aromatic carbocycles. The molecule has 24 heavy (non-hydrogen) atoms. The van der Waals surface area contributed by atoms with E-state index >= 15 is 0 Å². The number of ether oxygens (including phenoxy) is 2. The van der Waals surface area contributed by atoms with Crippen LogP contribution in [0.4, 0.5) is 13.2 Å². The Bertz CT molecular complexity index is 694. The fourth-order valence-corrected chi connectivity index (χ4v) is 2.86. The fraction of sp³-hybridized carbons (Fsp3) is 0.438. The SMILES string of the molecule is COc1cc(OC(F)(F)F)ccc1-c1cnn(C2CCNCC2)c1. The molecule has 1 aliphatic heterocycles. The van der Waals surface area contributed by atoms with Crippen LogP contribution in [-0.4, -0.2) is 36.3 Å². The van der Waals surface area contributed by atoms with Gasteiger partial charge in [0.1, 0.15) is 11.5 Å². The van der Waals surface area contributed by atoms with Crippen LogP contribution in [-0.2, 0) is 0 Å². The Hall–Kier alpha value is -2.22. The monoisotopic (exact) mass is 341 g/mol. The number of halogens is 3. The Morgan fingerprint density at radius 3 is 2.67 bits per heavy atom. The molecule has 2 aromatic rings. The first-order chi connectivity index (χ1) is 11.5. The molecule has 3 rings (SSSR count). The molecule has 5 nitrogen and oxygen atoms in total. The number of methoxy groups -OCH3 is 1. The van der Waals surface area contributed by atoms with Crippen LogP contribution in [0.2, 0.25) is 0 Å². The van der Waals surface area contributed by atoms with Gasteiger partial charge in [0, 0.05) is 23.4 Å². The minimum atomic E-state index is -4.73. The Balaban J connectivity index is 1.84. The molecule has 2 heterocycles. The van der Waals surface area contributed by atoms with Crippen LogP contribution >= 0.6 is 0 Å². The Morgan fingerprint density at radius 1 is 1.25 bits per heavy atom. The molecule has 0 atom stereocenters. The standard InChI is InChI=1S/C16H18F3N3O2/c1-23-15-8-13(24-16(17,18)19)2-3-14(15)11-9-21-22(10-11)12-4-6-20-7-5-12/h2-3,8-10,12,20H,4-7H2,1H3. The van der Waals surface area contributed by atoms with Gasteiger partial charge in [-0.2, -0.15) is 5.10 Å². The van der Waals surface area contributed by atoms with Gasteiger partial charge in [0.05, 0.1) is 19.3 Å². The highest BCUT2D eigenvalue weighted by atomic mass is 19.4. The summed E-state index contributed by atoms with van der Waals surface area (Å²) < 4.78 is 48.0. The highest BCUT2D eigenvalue weighted by Gasteiger charge is 2.31.